The molecule has 0 saturated heterocycles. The van der Waals surface area contributed by atoms with Gasteiger partial charge in [0, 0.05) is 6.42 Å². The van der Waals surface area contributed by atoms with Crippen molar-refractivity contribution in [2.75, 3.05) is 19.0 Å². The Hall–Kier alpha value is -3.98. The van der Waals surface area contributed by atoms with Crippen LogP contribution in [0.15, 0.2) is 65.7 Å². The zero-order valence-corrected chi connectivity index (χ0v) is 21.1. The summed E-state index contributed by atoms with van der Waals surface area (Å²) in [5.41, 5.74) is 1.71. The van der Waals surface area contributed by atoms with Gasteiger partial charge in [-0.25, -0.2) is 9.78 Å². The van der Waals surface area contributed by atoms with Crippen LogP contribution in [0.5, 0.6) is 5.75 Å². The van der Waals surface area contributed by atoms with Gasteiger partial charge >= 0.3 is 5.97 Å². The molecular formula is C27H27N3O5S. The summed E-state index contributed by atoms with van der Waals surface area (Å²) in [5, 5.41) is 3.16. The van der Waals surface area contributed by atoms with Crippen LogP contribution in [0.2, 0.25) is 0 Å². The van der Waals surface area contributed by atoms with E-state index in [1.807, 2.05) is 37.3 Å². The molecule has 0 aliphatic heterocycles. The van der Waals surface area contributed by atoms with Crippen molar-refractivity contribution in [3.8, 4) is 5.75 Å². The molecule has 0 aliphatic rings. The van der Waals surface area contributed by atoms with Gasteiger partial charge in [-0.05, 0) is 36.6 Å². The number of para-hydroxylation sites is 2. The van der Waals surface area contributed by atoms with Crippen LogP contribution in [0.4, 0.5) is 5.69 Å². The number of nitrogens with one attached hydrogen (secondary N) is 1. The van der Waals surface area contributed by atoms with E-state index in [1.165, 1.54) is 18.0 Å². The molecule has 2 aromatic carbocycles. The first-order valence-corrected chi connectivity index (χ1v) is 12.4. The fourth-order valence-electron chi connectivity index (χ4n) is 4.00. The minimum absolute atomic E-state index is 0.231. The van der Waals surface area contributed by atoms with E-state index in [4.69, 9.17) is 9.47 Å². The average Bonchev–Trinajstić information content (AvgIpc) is 3.23. The predicted octanol–water partition coefficient (Wildman–Crippen LogP) is 4.76. The highest BCUT2D eigenvalue weighted by molar-refractivity contribution is 7.20. The minimum atomic E-state index is -0.792. The molecule has 9 heteroatoms. The van der Waals surface area contributed by atoms with E-state index in [-0.39, 0.29) is 18.1 Å². The Kier molecular flexibility index (Phi) is 7.80. The highest BCUT2D eigenvalue weighted by Gasteiger charge is 2.25. The molecule has 0 radical (unpaired) electrons. The van der Waals surface area contributed by atoms with Crippen LogP contribution in [0.1, 0.15) is 40.2 Å². The van der Waals surface area contributed by atoms with Gasteiger partial charge in [-0.2, -0.15) is 0 Å². The normalized spacial score (nSPS) is 11.8. The van der Waals surface area contributed by atoms with Gasteiger partial charge in [-0.3, -0.25) is 14.2 Å². The maximum atomic E-state index is 13.4. The van der Waals surface area contributed by atoms with E-state index >= 15 is 0 Å². The first-order chi connectivity index (χ1) is 17.4. The van der Waals surface area contributed by atoms with Crippen LogP contribution in [0.3, 0.4) is 0 Å². The molecule has 1 atom stereocenters. The number of nitrogens with zero attached hydrogens (tertiary/aromatic N) is 2. The number of hydrogen-bond acceptors (Lipinski definition) is 7. The number of carbonyl (C=O) groups excluding carboxylic acids is 2. The summed E-state index contributed by atoms with van der Waals surface area (Å²) in [6, 6.07) is 16.0. The summed E-state index contributed by atoms with van der Waals surface area (Å²) < 4.78 is 12.1. The first kappa shape index (κ1) is 25.1. The van der Waals surface area contributed by atoms with E-state index in [9.17, 15) is 14.4 Å². The molecule has 36 heavy (non-hydrogen) atoms. The van der Waals surface area contributed by atoms with Crippen LogP contribution in [0, 0.1) is 6.92 Å². The number of esters is 1. The van der Waals surface area contributed by atoms with Crippen molar-refractivity contribution in [3.05, 3.63) is 87.3 Å². The molecule has 186 valence electrons. The number of fused-ring (bicyclic) bond motifs is 1. The van der Waals surface area contributed by atoms with Crippen molar-refractivity contribution >= 4 is 39.1 Å². The smallest absolute Gasteiger partial charge is 0.348 e. The zero-order valence-electron chi connectivity index (χ0n) is 20.3. The van der Waals surface area contributed by atoms with Gasteiger partial charge in [0.25, 0.3) is 5.56 Å². The van der Waals surface area contributed by atoms with Gasteiger partial charge in [-0.1, -0.05) is 49.4 Å². The second-order valence-corrected chi connectivity index (χ2v) is 9.18. The van der Waals surface area contributed by atoms with E-state index < -0.39 is 12.0 Å². The maximum Gasteiger partial charge on any atom is 0.348 e. The van der Waals surface area contributed by atoms with Crippen LogP contribution in [0.25, 0.3) is 10.2 Å². The number of ether oxygens (including phenoxy) is 2. The summed E-state index contributed by atoms with van der Waals surface area (Å²) in [6.45, 7) is 3.75. The molecular weight excluding hydrogens is 478 g/mol. The number of amides is 1. The molecule has 1 amide bonds. The number of aryl methyl sites for hydroxylation is 1. The average molecular weight is 506 g/mol. The third kappa shape index (κ3) is 5.16. The summed E-state index contributed by atoms with van der Waals surface area (Å²) in [6.07, 6.45) is 2.33. The molecule has 0 saturated carbocycles. The van der Waals surface area contributed by atoms with Crippen molar-refractivity contribution in [1.82, 2.24) is 9.55 Å². The number of benzene rings is 2. The van der Waals surface area contributed by atoms with Gasteiger partial charge in [0.05, 0.1) is 31.1 Å². The number of aromatic nitrogens is 2. The highest BCUT2D eigenvalue weighted by Crippen LogP contribution is 2.29. The Morgan fingerprint density at radius 1 is 1.11 bits per heavy atom. The molecule has 0 spiro atoms. The van der Waals surface area contributed by atoms with Crippen LogP contribution >= 0.6 is 11.3 Å². The predicted molar refractivity (Wildman–Crippen MR) is 140 cm³/mol. The third-order valence-corrected chi connectivity index (χ3v) is 7.10. The van der Waals surface area contributed by atoms with E-state index in [0.717, 1.165) is 16.9 Å². The number of methoxy groups -OCH3 is 1. The standard InChI is InChI=1S/C27H27N3O5S/c1-4-20(24(31)29-19-12-8-9-13-21(19)34-3)30-16-28-25-22(26(30)32)17(2)23(36-25)27(33)35-15-14-18-10-6-5-7-11-18/h5-13,16,20H,4,14-15H2,1-3H3,(H,29,31). The lowest BCUT2D eigenvalue weighted by Gasteiger charge is -2.18. The fraction of sp³-hybridized carbons (Fsp3) is 0.259. The molecule has 2 aromatic heterocycles. The Morgan fingerprint density at radius 3 is 2.56 bits per heavy atom. The minimum Gasteiger partial charge on any atom is -0.495 e. The van der Waals surface area contributed by atoms with Crippen molar-refractivity contribution in [3.63, 3.8) is 0 Å². The number of anilines is 1. The SMILES string of the molecule is CCC(C(=O)Nc1ccccc1OC)n1cnc2sc(C(=O)OCCc3ccccc3)c(C)c2c1=O. The lowest BCUT2D eigenvalue weighted by molar-refractivity contribution is -0.119. The van der Waals surface area contributed by atoms with Gasteiger partial charge in [-0.15, -0.1) is 11.3 Å². The third-order valence-electron chi connectivity index (χ3n) is 5.92. The quantitative estimate of drug-likeness (QED) is 0.329. The van der Waals surface area contributed by atoms with Crippen molar-refractivity contribution in [2.45, 2.75) is 32.7 Å². The lowest BCUT2D eigenvalue weighted by atomic mass is 10.1. The lowest BCUT2D eigenvalue weighted by Crippen LogP contribution is -2.33. The Bertz CT molecular complexity index is 1450. The summed E-state index contributed by atoms with van der Waals surface area (Å²) in [7, 11) is 1.52. The van der Waals surface area contributed by atoms with Gasteiger partial charge in [0.1, 0.15) is 21.5 Å². The molecule has 0 bridgehead atoms. The molecule has 0 fully saturated rings. The monoisotopic (exact) mass is 505 g/mol. The molecule has 4 aromatic rings. The Labute approximate surface area is 212 Å². The summed E-state index contributed by atoms with van der Waals surface area (Å²) >= 11 is 1.12. The van der Waals surface area contributed by atoms with Crippen molar-refractivity contribution < 1.29 is 19.1 Å². The molecule has 4 rings (SSSR count). The van der Waals surface area contributed by atoms with Gasteiger partial charge < -0.3 is 14.8 Å². The number of rotatable bonds is 9. The number of thiophene rings is 1. The second kappa shape index (κ2) is 11.2. The van der Waals surface area contributed by atoms with Gasteiger partial charge in [0.15, 0.2) is 0 Å². The van der Waals surface area contributed by atoms with Gasteiger partial charge in [0.2, 0.25) is 5.91 Å². The number of carbonyl (C=O) groups is 2. The Morgan fingerprint density at radius 2 is 1.83 bits per heavy atom. The van der Waals surface area contributed by atoms with Crippen LogP contribution < -0.4 is 15.6 Å². The largest absolute Gasteiger partial charge is 0.495 e. The topological polar surface area (TPSA) is 99.5 Å². The van der Waals surface area contributed by atoms with Crippen LogP contribution in [-0.4, -0.2) is 35.1 Å². The zero-order chi connectivity index (χ0) is 25.7. The highest BCUT2D eigenvalue weighted by atomic mass is 32.1. The van der Waals surface area contributed by atoms with Crippen molar-refractivity contribution in [2.24, 2.45) is 0 Å². The first-order valence-electron chi connectivity index (χ1n) is 11.6. The molecule has 2 heterocycles. The molecule has 8 nitrogen and oxygen atoms in total. The fourth-order valence-corrected chi connectivity index (χ4v) is 5.03. The molecule has 0 aliphatic carbocycles. The van der Waals surface area contributed by atoms with E-state index in [2.05, 4.69) is 10.3 Å². The van der Waals surface area contributed by atoms with Crippen LogP contribution in [-0.2, 0) is 16.0 Å². The molecule has 1 unspecified atom stereocenters. The van der Waals surface area contributed by atoms with Crippen molar-refractivity contribution in [1.29, 1.82) is 0 Å². The van der Waals surface area contributed by atoms with E-state index in [1.54, 1.807) is 31.2 Å². The maximum absolute atomic E-state index is 13.4. The Balaban J connectivity index is 1.56. The summed E-state index contributed by atoms with van der Waals surface area (Å²) in [4.78, 5) is 44.5. The second-order valence-electron chi connectivity index (χ2n) is 8.18. The van der Waals surface area contributed by atoms with E-state index in [0.29, 0.717) is 44.9 Å². The number of hydrogen-bond donors (Lipinski definition) is 1. The molecule has 1 N–H and O–H groups in total. The summed E-state index contributed by atoms with van der Waals surface area (Å²) in [5.74, 6) is -0.331.